The van der Waals surface area contributed by atoms with E-state index in [1.54, 1.807) is 0 Å². The fourth-order valence-corrected chi connectivity index (χ4v) is 4.54. The second kappa shape index (κ2) is 11.8. The minimum atomic E-state index is 0. The summed E-state index contributed by atoms with van der Waals surface area (Å²) in [6, 6.07) is 24.1. The first-order valence-electron chi connectivity index (χ1n) is 7.38. The van der Waals surface area contributed by atoms with Gasteiger partial charge in [0.15, 0.2) is 0 Å². The second-order valence-corrected chi connectivity index (χ2v) is 7.56. The van der Waals surface area contributed by atoms with E-state index in [1.807, 2.05) is 23.9 Å². The molecule has 0 spiro atoms. The van der Waals surface area contributed by atoms with Gasteiger partial charge in [-0.3, -0.25) is 0 Å². The zero-order valence-electron chi connectivity index (χ0n) is 13.5. The third kappa shape index (κ3) is 5.31. The minimum Gasteiger partial charge on any atom is -0.168 e. The van der Waals surface area contributed by atoms with E-state index in [9.17, 15) is 0 Å². The van der Waals surface area contributed by atoms with Crippen molar-refractivity contribution in [1.29, 1.82) is 0 Å². The molecule has 0 unspecified atom stereocenters. The van der Waals surface area contributed by atoms with Crippen molar-refractivity contribution in [3.8, 4) is 0 Å². The van der Waals surface area contributed by atoms with Gasteiger partial charge in [-0.1, -0.05) is 11.6 Å². The minimum absolute atomic E-state index is 0. The molecule has 3 aromatic rings. The standard InChI is InChI=1S/C11H6BrS.C9H7.2ClH.S.Zr/c12-11-10-8(6-13-11)5-7-3-1-2-4-9(7)10;1-2-5-9-7-3-6-8(9)4-1;;;;/h1-2,4-5H,6H2;1-7H;2*1H;;/q2*-1;;;;+2/p-2. The van der Waals surface area contributed by atoms with Crippen molar-refractivity contribution >= 4 is 59.0 Å². The number of hydrogen-bond donors (Lipinski definition) is 0. The van der Waals surface area contributed by atoms with Crippen molar-refractivity contribution in [3.63, 3.8) is 0 Å². The van der Waals surface area contributed by atoms with E-state index in [2.05, 4.69) is 85.5 Å². The zero-order chi connectivity index (χ0) is 16.9. The van der Waals surface area contributed by atoms with Crippen LogP contribution in [-0.4, -0.2) is 5.75 Å². The molecule has 0 N–H and O–H groups in total. The largest absolute Gasteiger partial charge is 0.168 e. The summed E-state index contributed by atoms with van der Waals surface area (Å²) in [5.41, 5.74) is 5.39. The van der Waals surface area contributed by atoms with Crippen LogP contribution in [0.15, 0.2) is 70.1 Å². The summed E-state index contributed by atoms with van der Waals surface area (Å²) in [5.74, 6) is 1.10. The van der Waals surface area contributed by atoms with Gasteiger partial charge in [0.2, 0.25) is 0 Å². The van der Waals surface area contributed by atoms with E-state index < -0.39 is 0 Å². The molecule has 1 aliphatic heterocycles. The van der Waals surface area contributed by atoms with Gasteiger partial charge in [0, 0.05) is 9.57 Å². The second-order valence-electron chi connectivity index (χ2n) is 5.26. The summed E-state index contributed by atoms with van der Waals surface area (Å²) in [4.78, 5) is 0. The van der Waals surface area contributed by atoms with Crippen LogP contribution in [0.1, 0.15) is 11.1 Å². The first-order valence-corrected chi connectivity index (χ1v) is 12.6. The number of allylic oxidation sites excluding steroid dienone is 1. The summed E-state index contributed by atoms with van der Waals surface area (Å²) in [6.45, 7) is 0. The number of thioether (sulfide) groups is 1. The number of rotatable bonds is 0. The summed E-state index contributed by atoms with van der Waals surface area (Å²) < 4.78 is 1.28. The van der Waals surface area contributed by atoms with Crippen molar-refractivity contribution in [1.82, 2.24) is 0 Å². The van der Waals surface area contributed by atoms with E-state index in [0.717, 1.165) is 28.4 Å². The van der Waals surface area contributed by atoms with Crippen molar-refractivity contribution in [2.75, 3.05) is 5.75 Å². The van der Waals surface area contributed by atoms with Crippen molar-refractivity contribution < 1.29 is 47.5 Å². The van der Waals surface area contributed by atoms with E-state index in [0.29, 0.717) is 0 Å². The Balaban J connectivity index is 0.000000232. The van der Waals surface area contributed by atoms with E-state index in [4.69, 9.17) is 0 Å². The predicted octanol–water partition coefficient (Wildman–Crippen LogP) is 0.906. The van der Waals surface area contributed by atoms with Gasteiger partial charge in [0.1, 0.15) is 0 Å². The van der Waals surface area contributed by atoms with E-state index in [-0.39, 0.29) is 24.8 Å². The van der Waals surface area contributed by atoms with Crippen LogP contribution < -0.4 is 24.8 Å². The summed E-state index contributed by atoms with van der Waals surface area (Å²) >= 11 is 6.60. The Labute approximate surface area is 197 Å². The van der Waals surface area contributed by atoms with Gasteiger partial charge in [-0.05, 0) is 21.5 Å². The zero-order valence-corrected chi connectivity index (χ0v) is 20.7. The smallest absolute Gasteiger partial charge is 0.0809 e. The van der Waals surface area contributed by atoms with Crippen molar-refractivity contribution in [3.05, 3.63) is 87.2 Å². The average molecular weight is 559 g/mol. The molecule has 0 saturated heterocycles. The molecular weight excluding hydrogens is 546 g/mol. The van der Waals surface area contributed by atoms with Gasteiger partial charge in [0.25, 0.3) is 0 Å². The van der Waals surface area contributed by atoms with Gasteiger partial charge in [0.05, 0.1) is 0 Å². The van der Waals surface area contributed by atoms with Crippen molar-refractivity contribution in [2.45, 2.75) is 0 Å². The molecule has 0 bridgehead atoms. The molecular formula is C20H13BrCl2S2Zr-2. The molecule has 0 aromatic heterocycles. The van der Waals surface area contributed by atoms with Crippen LogP contribution >= 0.6 is 36.5 Å². The van der Waals surface area contributed by atoms with Crippen LogP contribution in [0.2, 0.25) is 0 Å². The molecule has 0 nitrogen and oxygen atoms in total. The van der Waals surface area contributed by atoms with Gasteiger partial charge in [-0.2, -0.15) is 17.5 Å². The van der Waals surface area contributed by atoms with Crippen LogP contribution in [0.5, 0.6) is 0 Å². The quantitative estimate of drug-likeness (QED) is 0.376. The Hall–Kier alpha value is 0.0431. The molecule has 0 radical (unpaired) electrons. The van der Waals surface area contributed by atoms with Crippen LogP contribution in [0, 0.1) is 6.07 Å². The third-order valence-electron chi connectivity index (χ3n) is 3.90. The molecule has 1 heterocycles. The molecule has 5 rings (SSSR count). The maximum absolute atomic E-state index is 4.17. The maximum atomic E-state index is 4.17. The Morgan fingerprint density at radius 3 is 2.62 bits per heavy atom. The SMILES string of the molecule is BrC1=C2C(=Cc3[c-]cccc32)CS1.[Cl-].[Cl-].[S]=[Zr+2].c1ccc2[cH-]ccc2c1. The molecule has 132 valence electrons. The topological polar surface area (TPSA) is 0 Å². The Morgan fingerprint density at radius 1 is 1.08 bits per heavy atom. The Morgan fingerprint density at radius 2 is 1.85 bits per heavy atom. The predicted molar refractivity (Wildman–Crippen MR) is 109 cm³/mol. The number of fused-ring (bicyclic) bond motifs is 4. The van der Waals surface area contributed by atoms with Gasteiger partial charge < -0.3 is 24.8 Å². The van der Waals surface area contributed by atoms with E-state index >= 15 is 0 Å². The normalized spacial score (nSPS) is 13.1. The number of benzene rings is 2. The van der Waals surface area contributed by atoms with Crippen LogP contribution in [0.25, 0.3) is 22.4 Å². The average Bonchev–Trinajstić information content (AvgIpc) is 3.33. The molecule has 1 aliphatic carbocycles. The molecule has 0 saturated carbocycles. The fraction of sp³-hybridized carbons (Fsp3) is 0.0500. The molecule has 0 fully saturated rings. The maximum Gasteiger partial charge on any atom is -0.0809 e. The van der Waals surface area contributed by atoms with E-state index in [1.165, 1.54) is 36.9 Å². The molecule has 2 aliphatic rings. The monoisotopic (exact) mass is 556 g/mol. The molecule has 3 aromatic carbocycles. The molecule has 26 heavy (non-hydrogen) atoms. The van der Waals surface area contributed by atoms with Crippen LogP contribution in [0.4, 0.5) is 0 Å². The third-order valence-corrected chi connectivity index (χ3v) is 5.89. The van der Waals surface area contributed by atoms with Crippen LogP contribution in [-0.2, 0) is 22.7 Å². The molecule has 0 amide bonds. The van der Waals surface area contributed by atoms with Gasteiger partial charge >= 0.3 is 31.5 Å². The fourth-order valence-electron chi connectivity index (χ4n) is 2.84. The van der Waals surface area contributed by atoms with Gasteiger partial charge in [-0.15, -0.1) is 82.9 Å². The van der Waals surface area contributed by atoms with Crippen LogP contribution in [0.3, 0.4) is 0 Å². The summed E-state index contributed by atoms with van der Waals surface area (Å²) in [7, 11) is 4.17. The summed E-state index contributed by atoms with van der Waals surface area (Å²) in [5, 5.41) is 2.66. The Kier molecular flexibility index (Phi) is 10.9. The number of hydrogen-bond acceptors (Lipinski definition) is 2. The van der Waals surface area contributed by atoms with Gasteiger partial charge in [-0.25, -0.2) is 0 Å². The Bertz CT molecular complexity index is 904. The van der Waals surface area contributed by atoms with Crippen molar-refractivity contribution in [2.24, 2.45) is 0 Å². The number of halogens is 3. The molecule has 0 atom stereocenters. The first kappa shape index (κ1) is 24.1. The summed E-state index contributed by atoms with van der Waals surface area (Å²) in [6.07, 6.45) is 2.24. The first-order chi connectivity index (χ1) is 11.8. The molecule has 6 heteroatoms.